The molecule has 5 rings (SSSR count). The summed E-state index contributed by atoms with van der Waals surface area (Å²) in [5.41, 5.74) is 7.17. The van der Waals surface area contributed by atoms with Crippen molar-refractivity contribution >= 4 is 35.2 Å². The molecule has 1 aliphatic heterocycles. The number of nitrogens with one attached hydrogen (secondary N) is 3. The van der Waals surface area contributed by atoms with Crippen molar-refractivity contribution in [1.29, 1.82) is 0 Å². The lowest BCUT2D eigenvalue weighted by molar-refractivity contribution is -0.144. The molecule has 12 heteroatoms. The highest BCUT2D eigenvalue weighted by Gasteiger charge is 2.44. The number of likely N-dealkylation sites (tertiary alicyclic amines) is 1. The smallest absolute Gasteiger partial charge is 0.407 e. The molecule has 0 radical (unpaired) electrons. The fourth-order valence-electron chi connectivity index (χ4n) is 6.30. The molecule has 54 heavy (non-hydrogen) atoms. The molecular formula is C42H51N5O6S. The number of ether oxygens (including phenoxy) is 1. The van der Waals surface area contributed by atoms with E-state index in [2.05, 4.69) is 20.9 Å². The normalized spacial score (nSPS) is 16.4. The van der Waals surface area contributed by atoms with E-state index in [1.54, 1.807) is 11.3 Å². The third kappa shape index (κ3) is 10.8. The third-order valence-corrected chi connectivity index (χ3v) is 10.1. The minimum absolute atomic E-state index is 0.00492. The summed E-state index contributed by atoms with van der Waals surface area (Å²) in [6.07, 6.45) is -1.15. The number of nitrogens with zero attached hydrogens (tertiary/aromatic N) is 2. The summed E-state index contributed by atoms with van der Waals surface area (Å²) in [6.45, 7) is 13.6. The number of aryl methyl sites for hydroxylation is 1. The van der Waals surface area contributed by atoms with Crippen LogP contribution >= 0.6 is 11.3 Å². The van der Waals surface area contributed by atoms with Crippen molar-refractivity contribution in [2.24, 2.45) is 5.41 Å². The molecule has 4 N–H and O–H groups in total. The number of alkyl carbamates (subject to hydrolysis) is 1. The number of thiazole rings is 1. The fraction of sp³-hybridized carbons (Fsp3) is 0.405. The molecule has 1 fully saturated rings. The molecule has 0 aliphatic carbocycles. The van der Waals surface area contributed by atoms with E-state index < -0.39 is 41.2 Å². The van der Waals surface area contributed by atoms with Gasteiger partial charge in [-0.3, -0.25) is 14.4 Å². The second kappa shape index (κ2) is 16.9. The maximum Gasteiger partial charge on any atom is 0.407 e. The first-order valence-corrected chi connectivity index (χ1v) is 19.0. The van der Waals surface area contributed by atoms with Crippen molar-refractivity contribution in [2.75, 3.05) is 6.54 Å². The van der Waals surface area contributed by atoms with Crippen LogP contribution in [0.15, 0.2) is 78.3 Å². The number of β-amino-alcohol motifs (C(OH)–C–C–N with tert-alkyl or cyclic N) is 1. The van der Waals surface area contributed by atoms with Gasteiger partial charge in [0.15, 0.2) is 0 Å². The van der Waals surface area contributed by atoms with E-state index in [0.717, 1.165) is 44.0 Å². The lowest BCUT2D eigenvalue weighted by Crippen LogP contribution is -2.58. The summed E-state index contributed by atoms with van der Waals surface area (Å²) in [5.74, 6) is -1.08. The van der Waals surface area contributed by atoms with Crippen LogP contribution in [0.3, 0.4) is 0 Å². The quantitative estimate of drug-likeness (QED) is 0.143. The maximum atomic E-state index is 14.0. The second-order valence-electron chi connectivity index (χ2n) is 15.9. The van der Waals surface area contributed by atoms with E-state index in [0.29, 0.717) is 6.54 Å². The number of carbonyl (C=O) groups excluding carboxylic acids is 4. The van der Waals surface area contributed by atoms with Crippen LogP contribution in [0, 0.1) is 12.3 Å². The third-order valence-electron chi connectivity index (χ3n) is 9.15. The minimum Gasteiger partial charge on any atom is -0.444 e. The van der Waals surface area contributed by atoms with Gasteiger partial charge in [-0.15, -0.1) is 11.3 Å². The van der Waals surface area contributed by atoms with E-state index in [1.807, 2.05) is 127 Å². The largest absolute Gasteiger partial charge is 0.444 e. The summed E-state index contributed by atoms with van der Waals surface area (Å²) in [7, 11) is 0. The number of amides is 4. The molecule has 0 saturated carbocycles. The summed E-state index contributed by atoms with van der Waals surface area (Å²) >= 11 is 1.58. The van der Waals surface area contributed by atoms with Crippen molar-refractivity contribution in [3.8, 4) is 21.6 Å². The number of carbonyl (C=O) groups is 4. The van der Waals surface area contributed by atoms with Crippen LogP contribution in [-0.2, 0) is 38.6 Å². The second-order valence-corrected chi connectivity index (χ2v) is 16.7. The first-order chi connectivity index (χ1) is 25.5. The number of hydrogen-bond donors (Lipinski definition) is 4. The molecule has 0 bridgehead atoms. The van der Waals surface area contributed by atoms with Crippen LogP contribution in [0.5, 0.6) is 0 Å². The molecule has 3 atom stereocenters. The number of hydrogen-bond acceptors (Lipinski definition) is 8. The summed E-state index contributed by atoms with van der Waals surface area (Å²) in [4.78, 5) is 59.6. The van der Waals surface area contributed by atoms with Gasteiger partial charge in [0.1, 0.15) is 17.7 Å². The van der Waals surface area contributed by atoms with Gasteiger partial charge in [-0.1, -0.05) is 93.6 Å². The molecular weight excluding hydrogens is 703 g/mol. The highest BCUT2D eigenvalue weighted by molar-refractivity contribution is 7.13. The molecule has 1 aromatic heterocycles. The Balaban J connectivity index is 1.16. The topological polar surface area (TPSA) is 150 Å². The Bertz CT molecular complexity index is 1930. The van der Waals surface area contributed by atoms with Gasteiger partial charge in [0, 0.05) is 26.1 Å². The number of aromatic nitrogens is 1. The summed E-state index contributed by atoms with van der Waals surface area (Å²) in [5, 5.41) is 19.2. The first-order valence-electron chi connectivity index (χ1n) is 18.2. The predicted molar refractivity (Wildman–Crippen MR) is 210 cm³/mol. The van der Waals surface area contributed by atoms with Gasteiger partial charge in [-0.25, -0.2) is 9.78 Å². The van der Waals surface area contributed by atoms with Gasteiger partial charge in [0.2, 0.25) is 17.7 Å². The Morgan fingerprint density at radius 1 is 0.833 bits per heavy atom. The molecule has 4 amide bonds. The van der Waals surface area contributed by atoms with Crippen LogP contribution in [0.2, 0.25) is 0 Å². The van der Waals surface area contributed by atoms with Crippen LogP contribution in [-0.4, -0.2) is 69.1 Å². The number of benzene rings is 3. The van der Waals surface area contributed by atoms with Gasteiger partial charge in [0.05, 0.1) is 28.6 Å². The molecule has 0 unspecified atom stereocenters. The lowest BCUT2D eigenvalue weighted by atomic mass is 9.85. The van der Waals surface area contributed by atoms with Crippen molar-refractivity contribution < 1.29 is 29.0 Å². The molecule has 2 heterocycles. The van der Waals surface area contributed by atoms with Crippen LogP contribution in [0.25, 0.3) is 21.6 Å². The molecule has 11 nitrogen and oxygen atoms in total. The SMILES string of the molecule is Cc1ncsc1-c1ccc(CNC(=O)[C@@H]2C[C@@H](O)CN2C(=O)[C@@H](NC(=O)Cc2ccc(-c3ccc(CNC(=O)OC(C)(C)C)cc3)cc2)C(C)(C)C)cc1. The van der Waals surface area contributed by atoms with Gasteiger partial charge in [-0.05, 0) is 66.5 Å². The average molecular weight is 754 g/mol. The van der Waals surface area contributed by atoms with Crippen molar-refractivity contribution in [3.63, 3.8) is 0 Å². The maximum absolute atomic E-state index is 14.0. The van der Waals surface area contributed by atoms with E-state index in [-0.39, 0.29) is 37.7 Å². The Morgan fingerprint density at radius 3 is 1.89 bits per heavy atom. The summed E-state index contributed by atoms with van der Waals surface area (Å²) in [6, 6.07) is 21.6. The molecule has 1 aliphatic rings. The zero-order valence-electron chi connectivity index (χ0n) is 32.1. The number of aliphatic hydroxyl groups excluding tert-OH is 1. The molecule has 3 aromatic carbocycles. The molecule has 286 valence electrons. The highest BCUT2D eigenvalue weighted by atomic mass is 32.1. The Labute approximate surface area is 321 Å². The standard InChI is InChI=1S/C42H51N5O6S/c1-26-36(54-25-45-26)32-18-12-28(13-19-32)22-43-38(50)34-21-33(48)24-47(34)39(51)37(41(2,3)4)46-35(49)20-27-8-14-30(15-9-27)31-16-10-29(11-17-31)23-44-40(52)53-42(5,6)7/h8-19,25,33-34,37,48H,20-24H2,1-7H3,(H,43,50)(H,44,52)(H,46,49)/t33-,34+,37-/m1/s1. The first kappa shape index (κ1) is 40.1. The van der Waals surface area contributed by atoms with Crippen LogP contribution in [0.1, 0.15) is 70.3 Å². The number of aliphatic hydroxyl groups is 1. The summed E-state index contributed by atoms with van der Waals surface area (Å²) < 4.78 is 5.29. The minimum atomic E-state index is -0.920. The molecule has 1 saturated heterocycles. The van der Waals surface area contributed by atoms with Crippen LogP contribution < -0.4 is 16.0 Å². The Kier molecular flexibility index (Phi) is 12.6. The monoisotopic (exact) mass is 753 g/mol. The molecule has 4 aromatic rings. The van der Waals surface area contributed by atoms with E-state index in [9.17, 15) is 24.3 Å². The van der Waals surface area contributed by atoms with Crippen molar-refractivity contribution in [1.82, 2.24) is 25.8 Å². The van der Waals surface area contributed by atoms with Crippen LogP contribution in [0.4, 0.5) is 4.79 Å². The average Bonchev–Trinajstić information content (AvgIpc) is 3.73. The van der Waals surface area contributed by atoms with E-state index >= 15 is 0 Å². The van der Waals surface area contributed by atoms with Gasteiger partial charge in [-0.2, -0.15) is 0 Å². The van der Waals surface area contributed by atoms with Gasteiger partial charge >= 0.3 is 6.09 Å². The Morgan fingerprint density at radius 2 is 1.37 bits per heavy atom. The van der Waals surface area contributed by atoms with E-state index in [1.165, 1.54) is 4.90 Å². The van der Waals surface area contributed by atoms with Gasteiger partial charge in [0.25, 0.3) is 0 Å². The number of rotatable bonds is 11. The predicted octanol–water partition coefficient (Wildman–Crippen LogP) is 6.16. The van der Waals surface area contributed by atoms with Crippen molar-refractivity contribution in [2.45, 2.75) is 98.2 Å². The lowest BCUT2D eigenvalue weighted by Gasteiger charge is -2.35. The van der Waals surface area contributed by atoms with Crippen molar-refractivity contribution in [3.05, 3.63) is 101 Å². The zero-order valence-corrected chi connectivity index (χ0v) is 32.9. The molecule has 0 spiro atoms. The highest BCUT2D eigenvalue weighted by Crippen LogP contribution is 2.29. The van der Waals surface area contributed by atoms with Gasteiger partial charge < -0.3 is 30.7 Å². The zero-order chi connectivity index (χ0) is 39.2. The van der Waals surface area contributed by atoms with E-state index in [4.69, 9.17) is 4.74 Å². The Hall–Kier alpha value is -5.07. The fourth-order valence-corrected chi connectivity index (χ4v) is 7.11.